The summed E-state index contributed by atoms with van der Waals surface area (Å²) in [6, 6.07) is -1.49. The van der Waals surface area contributed by atoms with E-state index in [1.165, 1.54) is 0 Å². The van der Waals surface area contributed by atoms with Gasteiger partial charge in [0.25, 0.3) is 5.91 Å². The van der Waals surface area contributed by atoms with Gasteiger partial charge in [-0.05, 0) is 25.2 Å². The highest BCUT2D eigenvalue weighted by Gasteiger charge is 2.30. The third kappa shape index (κ3) is 5.03. The molecule has 7 nitrogen and oxygen atoms in total. The molecular weight excluding hydrogens is 236 g/mol. The molecule has 1 fully saturated rings. The van der Waals surface area contributed by atoms with Crippen LogP contribution in [0.1, 0.15) is 33.1 Å². The second kappa shape index (κ2) is 6.23. The van der Waals surface area contributed by atoms with Crippen molar-refractivity contribution in [1.29, 1.82) is 0 Å². The lowest BCUT2D eigenvalue weighted by Crippen LogP contribution is -2.54. The summed E-state index contributed by atoms with van der Waals surface area (Å²) in [7, 11) is 0. The van der Waals surface area contributed by atoms with Crippen molar-refractivity contribution in [2.24, 2.45) is 17.6 Å². The zero-order valence-corrected chi connectivity index (χ0v) is 10.7. The molecule has 5 N–H and O–H groups in total. The Morgan fingerprint density at radius 3 is 2.28 bits per heavy atom. The first-order valence-electron chi connectivity index (χ1n) is 6.05. The first kappa shape index (κ1) is 14.3. The van der Waals surface area contributed by atoms with E-state index in [-0.39, 0.29) is 17.7 Å². The molecule has 1 aliphatic carbocycles. The van der Waals surface area contributed by atoms with E-state index in [0.717, 1.165) is 12.8 Å². The Labute approximate surface area is 106 Å². The predicted octanol–water partition coefficient (Wildman–Crippen LogP) is -0.373. The van der Waals surface area contributed by atoms with Crippen LogP contribution in [0.15, 0.2) is 0 Å². The summed E-state index contributed by atoms with van der Waals surface area (Å²) < 4.78 is 0. The summed E-state index contributed by atoms with van der Waals surface area (Å²) in [5, 5.41) is 2.36. The van der Waals surface area contributed by atoms with Crippen molar-refractivity contribution >= 4 is 17.8 Å². The fourth-order valence-electron chi connectivity index (χ4n) is 1.53. The Hall–Kier alpha value is -1.79. The number of rotatable bonds is 5. The largest absolute Gasteiger partial charge is 0.352 e. The molecule has 1 aliphatic rings. The lowest BCUT2D eigenvalue weighted by molar-refractivity contribution is -0.130. The molecule has 1 atom stereocenters. The molecule has 1 rings (SSSR count). The number of hydrazine groups is 1. The Bertz CT molecular complexity index is 339. The summed E-state index contributed by atoms with van der Waals surface area (Å²) in [5.74, 6) is -0.424. The maximum absolute atomic E-state index is 11.8. The van der Waals surface area contributed by atoms with Crippen LogP contribution in [-0.4, -0.2) is 23.9 Å². The highest BCUT2D eigenvalue weighted by Crippen LogP contribution is 2.28. The van der Waals surface area contributed by atoms with E-state index in [2.05, 4.69) is 16.2 Å². The van der Waals surface area contributed by atoms with Crippen LogP contribution in [0.3, 0.4) is 0 Å². The minimum Gasteiger partial charge on any atom is -0.352 e. The number of hydrogen-bond acceptors (Lipinski definition) is 3. The van der Waals surface area contributed by atoms with Gasteiger partial charge in [0.05, 0.1) is 0 Å². The van der Waals surface area contributed by atoms with Crippen LogP contribution in [0.2, 0.25) is 0 Å². The maximum atomic E-state index is 11.8. The maximum Gasteiger partial charge on any atom is 0.312 e. The lowest BCUT2D eigenvalue weighted by atomic mass is 10.0. The normalized spacial score (nSPS) is 15.9. The highest BCUT2D eigenvalue weighted by molar-refractivity contribution is 5.89. The average Bonchev–Trinajstić information content (AvgIpc) is 3.06. The number of primary amides is 1. The second-order valence-electron chi connectivity index (χ2n) is 4.94. The Balaban J connectivity index is 2.41. The number of amides is 4. The molecule has 1 saturated carbocycles. The van der Waals surface area contributed by atoms with Gasteiger partial charge in [-0.25, -0.2) is 4.79 Å². The van der Waals surface area contributed by atoms with Gasteiger partial charge in [0.15, 0.2) is 0 Å². The zero-order valence-electron chi connectivity index (χ0n) is 10.7. The second-order valence-corrected chi connectivity index (χ2v) is 4.94. The van der Waals surface area contributed by atoms with Crippen LogP contribution >= 0.6 is 0 Å². The van der Waals surface area contributed by atoms with Crippen molar-refractivity contribution in [3.8, 4) is 0 Å². The molecule has 0 aromatic heterocycles. The van der Waals surface area contributed by atoms with Gasteiger partial charge in [-0.2, -0.15) is 0 Å². The summed E-state index contributed by atoms with van der Waals surface area (Å²) >= 11 is 0. The molecule has 0 aromatic rings. The van der Waals surface area contributed by atoms with Gasteiger partial charge >= 0.3 is 6.03 Å². The van der Waals surface area contributed by atoms with Gasteiger partial charge in [0.1, 0.15) is 6.04 Å². The molecule has 18 heavy (non-hydrogen) atoms. The standard InChI is InChI=1S/C11H20N4O3/c1-6(2)5-8(13-11(12)18)10(17)15-14-9(16)7-3-4-7/h6-8H,3-5H2,1-2H3,(H,14,16)(H,15,17)(H3,12,13,18)/t8-/m0/s1. The molecule has 0 bridgehead atoms. The van der Waals surface area contributed by atoms with E-state index in [1.807, 2.05) is 13.8 Å². The summed E-state index contributed by atoms with van der Waals surface area (Å²) in [5.41, 5.74) is 9.65. The quantitative estimate of drug-likeness (QED) is 0.503. The van der Waals surface area contributed by atoms with Crippen molar-refractivity contribution in [2.75, 3.05) is 0 Å². The number of carbonyl (C=O) groups is 3. The van der Waals surface area contributed by atoms with Crippen molar-refractivity contribution in [3.05, 3.63) is 0 Å². The number of nitrogens with two attached hydrogens (primary N) is 1. The zero-order chi connectivity index (χ0) is 13.7. The predicted molar refractivity (Wildman–Crippen MR) is 65.0 cm³/mol. The molecular formula is C11H20N4O3. The Morgan fingerprint density at radius 1 is 1.22 bits per heavy atom. The molecule has 0 spiro atoms. The molecule has 7 heteroatoms. The van der Waals surface area contributed by atoms with Crippen molar-refractivity contribution in [3.63, 3.8) is 0 Å². The fourth-order valence-corrected chi connectivity index (χ4v) is 1.53. The average molecular weight is 256 g/mol. The molecule has 102 valence electrons. The number of urea groups is 1. The van der Waals surface area contributed by atoms with Crippen LogP contribution in [0.5, 0.6) is 0 Å². The van der Waals surface area contributed by atoms with E-state index in [0.29, 0.717) is 6.42 Å². The van der Waals surface area contributed by atoms with Crippen molar-refractivity contribution < 1.29 is 14.4 Å². The van der Waals surface area contributed by atoms with Crippen LogP contribution in [-0.2, 0) is 9.59 Å². The number of carbonyl (C=O) groups excluding carboxylic acids is 3. The molecule has 4 amide bonds. The third-order valence-electron chi connectivity index (χ3n) is 2.60. The van der Waals surface area contributed by atoms with Gasteiger partial charge in [-0.1, -0.05) is 13.8 Å². The number of nitrogens with one attached hydrogen (secondary N) is 3. The molecule has 0 aromatic carbocycles. The van der Waals surface area contributed by atoms with E-state index in [4.69, 9.17) is 5.73 Å². The van der Waals surface area contributed by atoms with Gasteiger partial charge in [-0.15, -0.1) is 0 Å². The molecule has 0 saturated heterocycles. The summed E-state index contributed by atoms with van der Waals surface area (Å²) in [4.78, 5) is 33.9. The van der Waals surface area contributed by atoms with Crippen LogP contribution in [0.4, 0.5) is 4.79 Å². The summed E-state index contributed by atoms with van der Waals surface area (Å²) in [6.45, 7) is 3.84. The fraction of sp³-hybridized carbons (Fsp3) is 0.727. The monoisotopic (exact) mass is 256 g/mol. The minimum atomic E-state index is -0.760. The van der Waals surface area contributed by atoms with Crippen molar-refractivity contribution in [1.82, 2.24) is 16.2 Å². The smallest absolute Gasteiger partial charge is 0.312 e. The topological polar surface area (TPSA) is 113 Å². The molecule has 0 heterocycles. The Kier molecular flexibility index (Phi) is 4.94. The summed E-state index contributed by atoms with van der Waals surface area (Å²) in [6.07, 6.45) is 2.17. The minimum absolute atomic E-state index is 0.0120. The van der Waals surface area contributed by atoms with Gasteiger partial charge in [0.2, 0.25) is 5.91 Å². The number of hydrogen-bond donors (Lipinski definition) is 4. The van der Waals surface area contributed by atoms with Gasteiger partial charge < -0.3 is 11.1 Å². The third-order valence-corrected chi connectivity index (χ3v) is 2.60. The molecule has 0 aliphatic heterocycles. The van der Waals surface area contributed by atoms with E-state index in [9.17, 15) is 14.4 Å². The molecule has 0 radical (unpaired) electrons. The van der Waals surface area contributed by atoms with Crippen molar-refractivity contribution in [2.45, 2.75) is 39.2 Å². The Morgan fingerprint density at radius 2 is 1.83 bits per heavy atom. The molecule has 0 unspecified atom stereocenters. The lowest BCUT2D eigenvalue weighted by Gasteiger charge is -2.19. The van der Waals surface area contributed by atoms with Gasteiger partial charge in [0, 0.05) is 5.92 Å². The van der Waals surface area contributed by atoms with E-state index < -0.39 is 18.0 Å². The van der Waals surface area contributed by atoms with E-state index in [1.54, 1.807) is 0 Å². The highest BCUT2D eigenvalue weighted by atomic mass is 16.2. The first-order valence-corrected chi connectivity index (χ1v) is 6.05. The SMILES string of the molecule is CC(C)C[C@H](NC(N)=O)C(=O)NNC(=O)C1CC1. The van der Waals surface area contributed by atoms with Gasteiger partial charge in [-0.3, -0.25) is 20.4 Å². The van der Waals surface area contributed by atoms with Crippen LogP contribution in [0, 0.1) is 11.8 Å². The van der Waals surface area contributed by atoms with E-state index >= 15 is 0 Å². The van der Waals surface area contributed by atoms with Crippen LogP contribution in [0.25, 0.3) is 0 Å². The van der Waals surface area contributed by atoms with Crippen LogP contribution < -0.4 is 21.9 Å². The first-order chi connectivity index (χ1) is 8.40.